The first-order valence-corrected chi connectivity index (χ1v) is 27.0. The molecule has 4 nitrogen and oxygen atoms in total. The summed E-state index contributed by atoms with van der Waals surface area (Å²) in [5.74, 6) is 0. The third-order valence-electron chi connectivity index (χ3n) is 16.5. The number of para-hydroxylation sites is 3. The van der Waals surface area contributed by atoms with Crippen molar-refractivity contribution >= 4 is 101 Å². The molecule has 2 aliphatic heterocycles. The molecule has 2 aromatic heterocycles. The van der Waals surface area contributed by atoms with Gasteiger partial charge in [-0.25, -0.2) is 0 Å². The van der Waals surface area contributed by atoms with Crippen molar-refractivity contribution in [2.75, 3.05) is 9.80 Å². The van der Waals surface area contributed by atoms with E-state index in [9.17, 15) is 1.37 Å². The molecule has 0 N–H and O–H groups in total. The van der Waals surface area contributed by atoms with Gasteiger partial charge in [-0.05, 0) is 139 Å². The minimum atomic E-state index is -0.209. The van der Waals surface area contributed by atoms with Gasteiger partial charge in [-0.2, -0.15) is 0 Å². The Morgan fingerprint density at radius 1 is 0.347 bits per heavy atom. The summed E-state index contributed by atoms with van der Waals surface area (Å²) in [4.78, 5) is 4.99. The van der Waals surface area contributed by atoms with Gasteiger partial charge in [0.05, 0.1) is 34.8 Å². The van der Waals surface area contributed by atoms with Gasteiger partial charge in [0, 0.05) is 55.7 Å². The molecular formula is C70H67BN4. The van der Waals surface area contributed by atoms with Crippen LogP contribution < -0.4 is 26.2 Å². The van der Waals surface area contributed by atoms with Gasteiger partial charge < -0.3 is 18.9 Å². The van der Waals surface area contributed by atoms with Gasteiger partial charge in [-0.15, -0.1) is 0 Å². The zero-order valence-corrected chi connectivity index (χ0v) is 45.7. The summed E-state index contributed by atoms with van der Waals surface area (Å²) in [5, 5.41) is 4.79. The van der Waals surface area contributed by atoms with Crippen LogP contribution in [0.4, 0.5) is 34.1 Å². The normalized spacial score (nSPS) is 14.0. The Morgan fingerprint density at radius 3 is 1.28 bits per heavy atom. The third-order valence-corrected chi connectivity index (χ3v) is 16.5. The highest BCUT2D eigenvalue weighted by molar-refractivity contribution is 7.00. The van der Waals surface area contributed by atoms with Crippen LogP contribution in [0.5, 0.6) is 0 Å². The molecule has 0 amide bonds. The van der Waals surface area contributed by atoms with Crippen LogP contribution in [0.1, 0.15) is 107 Å². The maximum absolute atomic E-state index is 9.93. The van der Waals surface area contributed by atoms with E-state index < -0.39 is 0 Å². The predicted octanol–water partition coefficient (Wildman–Crippen LogP) is 17.2. The number of rotatable bonds is 4. The zero-order chi connectivity index (χ0) is 53.0. The predicted molar refractivity (Wildman–Crippen MR) is 324 cm³/mol. The van der Waals surface area contributed by atoms with Crippen LogP contribution in [-0.2, 0) is 21.7 Å². The summed E-state index contributed by atoms with van der Waals surface area (Å²) in [5.41, 5.74) is 22.0. The lowest BCUT2D eigenvalue weighted by molar-refractivity contribution is 0.590. The molecule has 0 bridgehead atoms. The molecule has 9 aromatic carbocycles. The topological polar surface area (TPSA) is 16.3 Å². The van der Waals surface area contributed by atoms with Crippen molar-refractivity contribution in [1.29, 1.82) is 0 Å². The fraction of sp³-hybridized carbons (Fsp3) is 0.229. The van der Waals surface area contributed by atoms with Gasteiger partial charge >= 0.3 is 0 Å². The van der Waals surface area contributed by atoms with Crippen LogP contribution in [0.3, 0.4) is 0 Å². The molecule has 13 rings (SSSR count). The molecule has 0 saturated heterocycles. The van der Waals surface area contributed by atoms with E-state index >= 15 is 0 Å². The SMILES string of the molecule is [2H]c1cc2c3c(c1)N(c1ccc(C(C)(C)C)cc1)c1c(cc4c(c1-n1c5ccccc5c5ccccc51)c1ccccc1n4-c1ccc(C(C)(C)C)cc1)B3c1cc(C(C)(C)C)ccc1N2c1ccc(C(C)(C)C)cc1. The minimum Gasteiger partial charge on any atom is -0.311 e. The summed E-state index contributed by atoms with van der Waals surface area (Å²) >= 11 is 0. The number of anilines is 6. The maximum Gasteiger partial charge on any atom is 0.252 e. The van der Waals surface area contributed by atoms with Gasteiger partial charge in [0.25, 0.3) is 6.71 Å². The van der Waals surface area contributed by atoms with Gasteiger partial charge in [-0.1, -0.05) is 192 Å². The molecule has 11 aromatic rings. The molecule has 0 unspecified atom stereocenters. The summed E-state index contributed by atoms with van der Waals surface area (Å²) in [7, 11) is 0. The van der Waals surface area contributed by atoms with E-state index in [1.807, 2.05) is 0 Å². The summed E-state index contributed by atoms with van der Waals surface area (Å²) in [6.45, 7) is 27.4. The van der Waals surface area contributed by atoms with Crippen molar-refractivity contribution in [2.45, 2.75) is 105 Å². The average molecular weight is 976 g/mol. The molecular weight excluding hydrogens is 908 g/mol. The van der Waals surface area contributed by atoms with Crippen LogP contribution in [0.2, 0.25) is 0 Å². The number of fused-ring (bicyclic) bond motifs is 10. The standard InChI is InChI=1S/C70H67BN4/c1-67(2,3)44-28-35-48(36-29-44)72-58-25-18-15-22-53(58)63-62(72)43-55-65(66(63)75-56-23-16-13-20-51(56)52-21-14-17-24-57(52)75)74(50-39-32-46(33-40-50)69(7,8)9)61-27-19-26-60-64(61)71(55)54-42-47(70(10,11)12)34-41-59(54)73(60)49-37-30-45(31-38-49)68(4,5)6/h13-43H,1-12H3/i19D. The number of benzene rings is 9. The maximum atomic E-state index is 9.93. The lowest BCUT2D eigenvalue weighted by atomic mass is 9.33. The molecule has 0 spiro atoms. The van der Waals surface area contributed by atoms with Crippen molar-refractivity contribution in [1.82, 2.24) is 9.13 Å². The van der Waals surface area contributed by atoms with Crippen molar-refractivity contribution in [3.63, 3.8) is 0 Å². The highest BCUT2D eigenvalue weighted by Gasteiger charge is 2.46. The van der Waals surface area contributed by atoms with Gasteiger partial charge in [-0.3, -0.25) is 0 Å². The lowest BCUT2D eigenvalue weighted by Crippen LogP contribution is -2.61. The smallest absolute Gasteiger partial charge is 0.252 e. The Labute approximate surface area is 445 Å². The molecule has 5 heteroatoms. The van der Waals surface area contributed by atoms with Crippen molar-refractivity contribution in [3.8, 4) is 11.4 Å². The second kappa shape index (κ2) is 16.4. The first kappa shape index (κ1) is 45.8. The van der Waals surface area contributed by atoms with Crippen LogP contribution in [0.25, 0.3) is 55.0 Å². The van der Waals surface area contributed by atoms with E-state index in [0.29, 0.717) is 6.04 Å². The molecule has 75 heavy (non-hydrogen) atoms. The van der Waals surface area contributed by atoms with Crippen LogP contribution >= 0.6 is 0 Å². The van der Waals surface area contributed by atoms with E-state index in [4.69, 9.17) is 0 Å². The molecule has 0 saturated carbocycles. The van der Waals surface area contributed by atoms with Crippen LogP contribution in [-0.4, -0.2) is 15.8 Å². The van der Waals surface area contributed by atoms with Gasteiger partial charge in [0.2, 0.25) is 0 Å². The molecule has 370 valence electrons. The van der Waals surface area contributed by atoms with Crippen molar-refractivity contribution in [2.24, 2.45) is 0 Å². The second-order valence-corrected chi connectivity index (χ2v) is 25.4. The monoisotopic (exact) mass is 976 g/mol. The average Bonchev–Trinajstić information content (AvgIpc) is 4.08. The Balaban J connectivity index is 1.25. The molecule has 2 aliphatic rings. The fourth-order valence-electron chi connectivity index (χ4n) is 12.4. The molecule has 0 radical (unpaired) electrons. The molecule has 0 aliphatic carbocycles. The van der Waals surface area contributed by atoms with Gasteiger partial charge in [0.1, 0.15) is 0 Å². The highest BCUT2D eigenvalue weighted by Crippen LogP contribution is 2.51. The largest absolute Gasteiger partial charge is 0.311 e. The number of aromatic nitrogens is 2. The van der Waals surface area contributed by atoms with Crippen LogP contribution in [0.15, 0.2) is 188 Å². The third kappa shape index (κ3) is 7.25. The number of hydrogen-bond acceptors (Lipinski definition) is 2. The second-order valence-electron chi connectivity index (χ2n) is 25.4. The van der Waals surface area contributed by atoms with Gasteiger partial charge in [0.15, 0.2) is 0 Å². The Kier molecular flexibility index (Phi) is 10.0. The first-order valence-electron chi connectivity index (χ1n) is 27.5. The van der Waals surface area contributed by atoms with Crippen LogP contribution in [0, 0.1) is 0 Å². The van der Waals surface area contributed by atoms with Crippen molar-refractivity contribution < 1.29 is 1.37 Å². The molecule has 4 heterocycles. The van der Waals surface area contributed by atoms with E-state index in [-0.39, 0.29) is 28.4 Å². The van der Waals surface area contributed by atoms with E-state index in [2.05, 4.69) is 284 Å². The fourth-order valence-corrected chi connectivity index (χ4v) is 12.4. The first-order chi connectivity index (χ1) is 36.2. The highest BCUT2D eigenvalue weighted by atomic mass is 15.2. The number of hydrogen-bond donors (Lipinski definition) is 0. The summed E-state index contributed by atoms with van der Waals surface area (Å²) in [6.07, 6.45) is 0. The van der Waals surface area contributed by atoms with Crippen molar-refractivity contribution in [3.05, 3.63) is 210 Å². The molecule has 0 atom stereocenters. The Morgan fingerprint density at radius 2 is 0.773 bits per heavy atom. The lowest BCUT2D eigenvalue weighted by Gasteiger charge is -2.45. The summed E-state index contributed by atoms with van der Waals surface area (Å²) in [6, 6.07) is 69.2. The van der Waals surface area contributed by atoms with E-state index in [1.54, 1.807) is 0 Å². The van der Waals surface area contributed by atoms with E-state index in [1.165, 1.54) is 60.2 Å². The Hall–Kier alpha value is -7.76. The molecule has 0 fully saturated rings. The number of nitrogens with zero attached hydrogens (tertiary/aromatic N) is 4. The summed E-state index contributed by atoms with van der Waals surface area (Å²) < 4.78 is 15.0. The minimum absolute atomic E-state index is 0.00345. The van der Waals surface area contributed by atoms with E-state index in [0.717, 1.165) is 67.6 Å². The quantitative estimate of drug-likeness (QED) is 0.163. The zero-order valence-electron chi connectivity index (χ0n) is 46.7. The Bertz CT molecular complexity index is 4100.